The van der Waals surface area contributed by atoms with Gasteiger partial charge in [-0.25, -0.2) is 8.42 Å². The molecule has 7 nitrogen and oxygen atoms in total. The van der Waals surface area contributed by atoms with Crippen LogP contribution < -0.4 is 5.73 Å². The number of ether oxygens (including phenoxy) is 2. The molecule has 0 bridgehead atoms. The number of carbonyl (C=O) groups excluding carboxylic acids is 1. The molecule has 0 aliphatic carbocycles. The van der Waals surface area contributed by atoms with E-state index in [0.717, 1.165) is 0 Å². The summed E-state index contributed by atoms with van der Waals surface area (Å²) in [4.78, 5) is 11.2. The van der Waals surface area contributed by atoms with E-state index >= 15 is 0 Å². The molecule has 2 atom stereocenters. The van der Waals surface area contributed by atoms with Crippen molar-refractivity contribution in [1.29, 1.82) is 0 Å². The van der Waals surface area contributed by atoms with Crippen molar-refractivity contribution < 1.29 is 22.7 Å². The van der Waals surface area contributed by atoms with E-state index < -0.39 is 21.7 Å². The molecule has 106 valence electrons. The Labute approximate surface area is 107 Å². The number of morpholine rings is 1. The molecule has 0 aromatic rings. The summed E-state index contributed by atoms with van der Waals surface area (Å²) in [5.74, 6) is -1.37. The minimum Gasteiger partial charge on any atom is -0.465 e. The first-order valence-corrected chi connectivity index (χ1v) is 7.48. The molecule has 2 unspecified atom stereocenters. The summed E-state index contributed by atoms with van der Waals surface area (Å²) in [5, 5.41) is 0. The van der Waals surface area contributed by atoms with Crippen molar-refractivity contribution in [2.75, 3.05) is 32.1 Å². The van der Waals surface area contributed by atoms with Gasteiger partial charge in [0.1, 0.15) is 0 Å². The van der Waals surface area contributed by atoms with Crippen molar-refractivity contribution in [2.24, 2.45) is 5.73 Å². The zero-order valence-corrected chi connectivity index (χ0v) is 11.5. The highest BCUT2D eigenvalue weighted by molar-refractivity contribution is 7.89. The minimum absolute atomic E-state index is 0.167. The molecule has 1 saturated heterocycles. The van der Waals surface area contributed by atoms with E-state index in [-0.39, 0.29) is 38.4 Å². The Morgan fingerprint density at radius 1 is 1.61 bits per heavy atom. The van der Waals surface area contributed by atoms with Gasteiger partial charge in [0, 0.05) is 19.1 Å². The average Bonchev–Trinajstić information content (AvgIpc) is 2.28. The van der Waals surface area contributed by atoms with Crippen LogP contribution in [0.4, 0.5) is 0 Å². The number of nitrogens with zero attached hydrogens (tertiary/aromatic N) is 1. The topological polar surface area (TPSA) is 98.9 Å². The third-order valence-electron chi connectivity index (χ3n) is 2.64. The van der Waals surface area contributed by atoms with Crippen molar-refractivity contribution in [3.8, 4) is 0 Å². The predicted octanol–water partition coefficient (Wildman–Crippen LogP) is -1.07. The van der Waals surface area contributed by atoms with E-state index in [4.69, 9.17) is 10.5 Å². The highest BCUT2D eigenvalue weighted by Gasteiger charge is 2.32. The Balaban J connectivity index is 2.64. The summed E-state index contributed by atoms with van der Waals surface area (Å²) in [7, 11) is -3.65. The molecule has 1 aliphatic rings. The smallest absolute Gasteiger partial charge is 0.322 e. The maximum atomic E-state index is 12.0. The molecule has 1 rings (SSSR count). The molecular weight excluding hydrogens is 260 g/mol. The van der Waals surface area contributed by atoms with Gasteiger partial charge < -0.3 is 15.2 Å². The zero-order chi connectivity index (χ0) is 13.8. The van der Waals surface area contributed by atoms with E-state index in [1.54, 1.807) is 13.8 Å². The van der Waals surface area contributed by atoms with Crippen LogP contribution in [0.3, 0.4) is 0 Å². The Hall–Kier alpha value is -0.700. The maximum absolute atomic E-state index is 12.0. The van der Waals surface area contributed by atoms with Crippen molar-refractivity contribution in [2.45, 2.75) is 26.0 Å². The first-order valence-electron chi connectivity index (χ1n) is 5.87. The van der Waals surface area contributed by atoms with Gasteiger partial charge in [0.15, 0.2) is 5.75 Å². The second-order valence-corrected chi connectivity index (χ2v) is 6.16. The average molecular weight is 280 g/mol. The quantitative estimate of drug-likeness (QED) is 0.644. The van der Waals surface area contributed by atoms with Crippen molar-refractivity contribution in [3.05, 3.63) is 0 Å². The number of hydrogen-bond donors (Lipinski definition) is 1. The number of carbonyl (C=O) groups is 1. The molecule has 2 N–H and O–H groups in total. The SMILES string of the molecule is CCOC(=O)CS(=O)(=O)N1CCOC(C(C)N)C1. The molecule has 0 aromatic carbocycles. The summed E-state index contributed by atoms with van der Waals surface area (Å²) in [6, 6.07) is -0.259. The van der Waals surface area contributed by atoms with E-state index in [0.29, 0.717) is 0 Å². The predicted molar refractivity (Wildman–Crippen MR) is 65.4 cm³/mol. The molecular formula is C10H20N2O5S. The molecule has 8 heteroatoms. The largest absolute Gasteiger partial charge is 0.465 e. The Morgan fingerprint density at radius 2 is 2.28 bits per heavy atom. The number of rotatable bonds is 5. The zero-order valence-electron chi connectivity index (χ0n) is 10.7. The van der Waals surface area contributed by atoms with Crippen molar-refractivity contribution in [1.82, 2.24) is 4.31 Å². The normalized spacial score (nSPS) is 23.6. The number of hydrogen-bond acceptors (Lipinski definition) is 6. The van der Waals surface area contributed by atoms with Crippen LogP contribution in [0.15, 0.2) is 0 Å². The Morgan fingerprint density at radius 3 is 2.83 bits per heavy atom. The fourth-order valence-corrected chi connectivity index (χ4v) is 2.95. The first kappa shape index (κ1) is 15.4. The molecule has 1 aliphatic heterocycles. The molecule has 0 saturated carbocycles. The van der Waals surface area contributed by atoms with Gasteiger partial charge in [0.25, 0.3) is 0 Å². The Kier molecular flexibility index (Phi) is 5.51. The van der Waals surface area contributed by atoms with Gasteiger partial charge >= 0.3 is 5.97 Å². The molecule has 0 amide bonds. The molecule has 0 radical (unpaired) electrons. The summed E-state index contributed by atoms with van der Waals surface area (Å²) in [6.07, 6.45) is -0.337. The summed E-state index contributed by atoms with van der Waals surface area (Å²) in [5.41, 5.74) is 5.68. The third kappa shape index (κ3) is 4.20. The molecule has 18 heavy (non-hydrogen) atoms. The lowest BCUT2D eigenvalue weighted by Gasteiger charge is -2.33. The lowest BCUT2D eigenvalue weighted by Crippen LogP contribution is -2.52. The number of nitrogens with two attached hydrogens (primary N) is 1. The summed E-state index contributed by atoms with van der Waals surface area (Å²) < 4.78 is 35.2. The second-order valence-electron chi connectivity index (χ2n) is 4.19. The standard InChI is InChI=1S/C10H20N2O5S/c1-3-16-10(13)7-18(14,15)12-4-5-17-9(6-12)8(2)11/h8-9H,3-7,11H2,1-2H3. The van der Waals surface area contributed by atoms with Gasteiger partial charge in [-0.1, -0.05) is 0 Å². The highest BCUT2D eigenvalue weighted by atomic mass is 32.2. The molecule has 1 fully saturated rings. The molecule has 0 spiro atoms. The van der Waals surface area contributed by atoms with Crippen LogP contribution in [0.2, 0.25) is 0 Å². The van der Waals surface area contributed by atoms with Crippen LogP contribution in [0.5, 0.6) is 0 Å². The number of sulfonamides is 1. The molecule has 1 heterocycles. The van der Waals surface area contributed by atoms with Gasteiger partial charge in [-0.3, -0.25) is 4.79 Å². The van der Waals surface area contributed by atoms with E-state index in [9.17, 15) is 13.2 Å². The van der Waals surface area contributed by atoms with Gasteiger partial charge in [-0.15, -0.1) is 0 Å². The van der Waals surface area contributed by atoms with Gasteiger partial charge in [-0.2, -0.15) is 4.31 Å². The molecule has 0 aromatic heterocycles. The van der Waals surface area contributed by atoms with E-state index in [1.165, 1.54) is 4.31 Å². The van der Waals surface area contributed by atoms with Gasteiger partial charge in [0.2, 0.25) is 10.0 Å². The lowest BCUT2D eigenvalue weighted by atomic mass is 10.2. The van der Waals surface area contributed by atoms with Gasteiger partial charge in [-0.05, 0) is 13.8 Å². The van der Waals surface area contributed by atoms with Crippen LogP contribution in [0, 0.1) is 0 Å². The monoisotopic (exact) mass is 280 g/mol. The van der Waals surface area contributed by atoms with Crippen LogP contribution >= 0.6 is 0 Å². The van der Waals surface area contributed by atoms with E-state index in [2.05, 4.69) is 4.74 Å². The number of esters is 1. The highest BCUT2D eigenvalue weighted by Crippen LogP contribution is 2.12. The van der Waals surface area contributed by atoms with Crippen molar-refractivity contribution in [3.63, 3.8) is 0 Å². The fraction of sp³-hybridized carbons (Fsp3) is 0.900. The second kappa shape index (κ2) is 6.46. The van der Waals surface area contributed by atoms with E-state index in [1.807, 2.05) is 0 Å². The third-order valence-corrected chi connectivity index (χ3v) is 4.36. The Bertz CT molecular complexity index is 382. The minimum atomic E-state index is -3.65. The lowest BCUT2D eigenvalue weighted by molar-refractivity contribution is -0.140. The van der Waals surface area contributed by atoms with Crippen LogP contribution in [-0.2, 0) is 24.3 Å². The van der Waals surface area contributed by atoms with Crippen LogP contribution in [-0.4, -0.2) is 62.9 Å². The first-order chi connectivity index (χ1) is 8.36. The maximum Gasteiger partial charge on any atom is 0.322 e. The van der Waals surface area contributed by atoms with Crippen LogP contribution in [0.25, 0.3) is 0 Å². The summed E-state index contributed by atoms with van der Waals surface area (Å²) >= 11 is 0. The fourth-order valence-electron chi connectivity index (χ4n) is 1.66. The van der Waals surface area contributed by atoms with Gasteiger partial charge in [0.05, 0.1) is 19.3 Å². The van der Waals surface area contributed by atoms with Crippen molar-refractivity contribution >= 4 is 16.0 Å². The summed E-state index contributed by atoms with van der Waals surface area (Å²) in [6.45, 7) is 4.26. The van der Waals surface area contributed by atoms with Crippen LogP contribution in [0.1, 0.15) is 13.8 Å².